The van der Waals surface area contributed by atoms with Crippen LogP contribution in [0.5, 0.6) is 0 Å². The Bertz CT molecular complexity index is 479. The summed E-state index contributed by atoms with van der Waals surface area (Å²) in [6.45, 7) is -0.383. The number of carbonyl (C=O) groups excluding carboxylic acids is 1. The summed E-state index contributed by atoms with van der Waals surface area (Å²) in [6.07, 6.45) is 1.25. The van der Waals surface area contributed by atoms with Crippen LogP contribution in [0.2, 0.25) is 0 Å². The smallest absolute Gasteiger partial charge is 0.309 e. The topological polar surface area (TPSA) is 139 Å². The van der Waals surface area contributed by atoms with Crippen LogP contribution >= 0.6 is 0 Å². The van der Waals surface area contributed by atoms with Crippen LogP contribution < -0.4 is 0 Å². The molecule has 0 radical (unpaired) electrons. The van der Waals surface area contributed by atoms with E-state index in [1.54, 1.807) is 0 Å². The second-order valence-corrected chi connectivity index (χ2v) is 4.20. The predicted octanol–water partition coefficient (Wildman–Crippen LogP) is -2.08. The average Bonchev–Trinajstić information content (AvgIpc) is 2.96. The molecule has 2 atom stereocenters. The summed E-state index contributed by atoms with van der Waals surface area (Å²) >= 11 is 0. The maximum atomic E-state index is 11.9. The van der Waals surface area contributed by atoms with E-state index in [4.69, 9.17) is 10.2 Å². The van der Waals surface area contributed by atoms with Gasteiger partial charge in [-0.2, -0.15) is 0 Å². The van der Waals surface area contributed by atoms with Gasteiger partial charge in [-0.15, -0.1) is 5.10 Å². The van der Waals surface area contributed by atoms with Gasteiger partial charge in [0, 0.05) is 13.1 Å². The van der Waals surface area contributed by atoms with Crippen molar-refractivity contribution in [2.24, 2.45) is 11.8 Å². The zero-order chi connectivity index (χ0) is 14.0. The number of carbonyl (C=O) groups is 3. The molecule has 0 unspecified atom stereocenters. The molecule has 1 saturated heterocycles. The number of hydrogen-bond acceptors (Lipinski definition) is 6. The summed E-state index contributed by atoms with van der Waals surface area (Å²) in [6, 6.07) is 0. The molecule has 2 heterocycles. The van der Waals surface area contributed by atoms with E-state index in [-0.39, 0.29) is 19.6 Å². The fourth-order valence-electron chi connectivity index (χ4n) is 2.00. The van der Waals surface area contributed by atoms with E-state index in [0.29, 0.717) is 0 Å². The number of aromatic nitrogens is 4. The van der Waals surface area contributed by atoms with Gasteiger partial charge in [0.05, 0.1) is 11.8 Å². The summed E-state index contributed by atoms with van der Waals surface area (Å²) in [5.74, 6) is -5.02. The van der Waals surface area contributed by atoms with Crippen LogP contribution in [-0.2, 0) is 20.9 Å². The van der Waals surface area contributed by atoms with E-state index in [1.807, 2.05) is 0 Å². The van der Waals surface area contributed by atoms with E-state index >= 15 is 0 Å². The molecule has 10 heteroatoms. The molecule has 19 heavy (non-hydrogen) atoms. The third-order valence-corrected chi connectivity index (χ3v) is 3.00. The highest BCUT2D eigenvalue weighted by molar-refractivity contribution is 5.84. The minimum atomic E-state index is -1.22. The zero-order valence-electron chi connectivity index (χ0n) is 9.71. The Kier molecular flexibility index (Phi) is 3.40. The van der Waals surface area contributed by atoms with Gasteiger partial charge < -0.3 is 15.1 Å². The molecule has 2 N–H and O–H groups in total. The van der Waals surface area contributed by atoms with Crippen LogP contribution in [0.15, 0.2) is 6.33 Å². The number of carboxylic acids is 2. The number of carboxylic acid groups (broad SMARTS) is 2. The molecule has 1 fully saturated rings. The first-order valence-corrected chi connectivity index (χ1v) is 5.43. The quantitative estimate of drug-likeness (QED) is 0.634. The van der Waals surface area contributed by atoms with Gasteiger partial charge in [0.2, 0.25) is 5.91 Å². The highest BCUT2D eigenvalue weighted by atomic mass is 16.4. The molecule has 0 bridgehead atoms. The second kappa shape index (κ2) is 5.00. The molecule has 0 spiro atoms. The summed E-state index contributed by atoms with van der Waals surface area (Å²) in [5, 5.41) is 28.1. The predicted molar refractivity (Wildman–Crippen MR) is 56.6 cm³/mol. The molecular formula is C9H11N5O5. The van der Waals surface area contributed by atoms with Crippen LogP contribution in [0.4, 0.5) is 0 Å². The molecule has 0 aromatic carbocycles. The van der Waals surface area contributed by atoms with Gasteiger partial charge in [-0.05, 0) is 10.4 Å². The van der Waals surface area contributed by atoms with Crippen molar-refractivity contribution in [3.63, 3.8) is 0 Å². The first kappa shape index (κ1) is 12.9. The molecular weight excluding hydrogens is 258 g/mol. The van der Waals surface area contributed by atoms with Crippen LogP contribution in [0.1, 0.15) is 0 Å². The van der Waals surface area contributed by atoms with E-state index in [0.717, 1.165) is 0 Å². The molecule has 0 aliphatic carbocycles. The van der Waals surface area contributed by atoms with Gasteiger partial charge in [0.15, 0.2) is 0 Å². The van der Waals surface area contributed by atoms with Crippen molar-refractivity contribution in [1.82, 2.24) is 25.1 Å². The molecule has 0 saturated carbocycles. The highest BCUT2D eigenvalue weighted by Crippen LogP contribution is 2.24. The maximum Gasteiger partial charge on any atom is 0.309 e. The Labute approximate surface area is 106 Å². The summed E-state index contributed by atoms with van der Waals surface area (Å²) in [4.78, 5) is 35.0. The molecule has 1 aromatic heterocycles. The number of amides is 1. The molecule has 10 nitrogen and oxygen atoms in total. The van der Waals surface area contributed by atoms with E-state index in [1.165, 1.54) is 15.9 Å². The number of hydrogen-bond donors (Lipinski definition) is 2. The molecule has 1 aromatic rings. The van der Waals surface area contributed by atoms with Crippen molar-refractivity contribution in [2.45, 2.75) is 6.54 Å². The summed E-state index contributed by atoms with van der Waals surface area (Å²) < 4.78 is 1.19. The Morgan fingerprint density at radius 2 is 1.74 bits per heavy atom. The Balaban J connectivity index is 2.04. The zero-order valence-corrected chi connectivity index (χ0v) is 9.71. The number of likely N-dealkylation sites (tertiary alicyclic amines) is 1. The van der Waals surface area contributed by atoms with Gasteiger partial charge in [-0.3, -0.25) is 14.4 Å². The number of tetrazole rings is 1. The van der Waals surface area contributed by atoms with E-state index in [2.05, 4.69) is 15.5 Å². The fourth-order valence-corrected chi connectivity index (χ4v) is 2.00. The lowest BCUT2D eigenvalue weighted by Gasteiger charge is -2.15. The minimum absolute atomic E-state index is 0.118. The van der Waals surface area contributed by atoms with Crippen molar-refractivity contribution >= 4 is 17.8 Å². The van der Waals surface area contributed by atoms with Crippen molar-refractivity contribution in [1.29, 1.82) is 0 Å². The van der Waals surface area contributed by atoms with Crippen molar-refractivity contribution in [2.75, 3.05) is 13.1 Å². The first-order valence-electron chi connectivity index (χ1n) is 5.43. The highest BCUT2D eigenvalue weighted by Gasteiger charge is 2.43. The maximum absolute atomic E-state index is 11.9. The van der Waals surface area contributed by atoms with Gasteiger partial charge in [0.25, 0.3) is 0 Å². The van der Waals surface area contributed by atoms with Crippen LogP contribution in [0.25, 0.3) is 0 Å². The second-order valence-electron chi connectivity index (χ2n) is 4.20. The van der Waals surface area contributed by atoms with Crippen molar-refractivity contribution in [3.05, 3.63) is 6.33 Å². The minimum Gasteiger partial charge on any atom is -0.481 e. The standard InChI is InChI=1S/C9H11N5O5/c15-7(3-14-4-10-11-12-14)13-1-5(8(16)17)6(2-13)9(18)19/h4-6H,1-3H2,(H,16,17)(H,18,19)/t5-,6-/m0/s1. The average molecular weight is 269 g/mol. The van der Waals surface area contributed by atoms with Crippen LogP contribution in [-0.4, -0.2) is 66.3 Å². The van der Waals surface area contributed by atoms with Crippen molar-refractivity contribution in [3.8, 4) is 0 Å². The number of rotatable bonds is 4. The first-order chi connectivity index (χ1) is 8.99. The molecule has 1 aliphatic rings. The number of aliphatic carboxylic acids is 2. The molecule has 1 amide bonds. The van der Waals surface area contributed by atoms with Crippen LogP contribution in [0, 0.1) is 11.8 Å². The Morgan fingerprint density at radius 3 is 2.16 bits per heavy atom. The fraction of sp³-hybridized carbons (Fsp3) is 0.556. The van der Waals surface area contributed by atoms with Gasteiger partial charge in [0.1, 0.15) is 12.9 Å². The summed E-state index contributed by atoms with van der Waals surface area (Å²) in [7, 11) is 0. The van der Waals surface area contributed by atoms with Crippen molar-refractivity contribution < 1.29 is 24.6 Å². The van der Waals surface area contributed by atoms with E-state index in [9.17, 15) is 14.4 Å². The summed E-state index contributed by atoms with van der Waals surface area (Å²) in [5.41, 5.74) is 0. The Hall–Kier alpha value is -2.52. The lowest BCUT2D eigenvalue weighted by atomic mass is 9.97. The Morgan fingerprint density at radius 1 is 1.16 bits per heavy atom. The van der Waals surface area contributed by atoms with Gasteiger partial charge >= 0.3 is 11.9 Å². The van der Waals surface area contributed by atoms with Crippen LogP contribution in [0.3, 0.4) is 0 Å². The number of nitrogens with zero attached hydrogens (tertiary/aromatic N) is 5. The van der Waals surface area contributed by atoms with E-state index < -0.39 is 29.7 Å². The third-order valence-electron chi connectivity index (χ3n) is 3.00. The molecule has 2 rings (SSSR count). The van der Waals surface area contributed by atoms with Gasteiger partial charge in [-0.25, -0.2) is 4.68 Å². The normalized spacial score (nSPS) is 22.4. The SMILES string of the molecule is O=C(O)[C@H]1CN(C(=O)Cn2cnnn2)C[C@@H]1C(=O)O. The third kappa shape index (κ3) is 2.67. The largest absolute Gasteiger partial charge is 0.481 e. The van der Waals surface area contributed by atoms with Gasteiger partial charge in [-0.1, -0.05) is 0 Å². The lowest BCUT2D eigenvalue weighted by molar-refractivity contribution is -0.151. The molecule has 1 aliphatic heterocycles. The lowest BCUT2D eigenvalue weighted by Crippen LogP contribution is -2.33. The monoisotopic (exact) mass is 269 g/mol. The molecule has 102 valence electrons.